The monoisotopic (exact) mass is 355 g/mol. The van der Waals surface area contributed by atoms with Gasteiger partial charge in [-0.2, -0.15) is 5.10 Å². The van der Waals surface area contributed by atoms with E-state index < -0.39 is 0 Å². The first-order valence-corrected chi connectivity index (χ1v) is 8.71. The molecule has 4 N–H and O–H groups in total. The second kappa shape index (κ2) is 9.15. The minimum Gasteiger partial charge on any atom is -0.490 e. The van der Waals surface area contributed by atoms with Crippen LogP contribution >= 0.6 is 0 Å². The Kier molecular flexibility index (Phi) is 6.92. The lowest BCUT2D eigenvalue weighted by molar-refractivity contribution is 0.189. The van der Waals surface area contributed by atoms with Gasteiger partial charge in [0.2, 0.25) is 0 Å². The number of nitrogens with zero attached hydrogens (tertiary/aromatic N) is 1. The van der Waals surface area contributed by atoms with Crippen molar-refractivity contribution in [2.45, 2.75) is 32.8 Å². The molecule has 2 aromatic rings. The van der Waals surface area contributed by atoms with Crippen LogP contribution in [-0.4, -0.2) is 18.9 Å². The highest BCUT2D eigenvalue weighted by atomic mass is 19.1. The number of aryl methyl sites for hydroxylation is 1. The minimum atomic E-state index is -0.285. The Morgan fingerprint density at radius 1 is 1.35 bits per heavy atom. The van der Waals surface area contributed by atoms with Gasteiger partial charge in [0.1, 0.15) is 11.6 Å². The van der Waals surface area contributed by atoms with Crippen molar-refractivity contribution in [2.24, 2.45) is 16.7 Å². The van der Waals surface area contributed by atoms with Crippen molar-refractivity contribution in [3.63, 3.8) is 0 Å². The fourth-order valence-electron chi connectivity index (χ4n) is 3.00. The van der Waals surface area contributed by atoms with Crippen molar-refractivity contribution in [1.82, 2.24) is 0 Å². The van der Waals surface area contributed by atoms with Gasteiger partial charge in [0.25, 0.3) is 0 Å². The SMILES string of the molecule is C=Cc1c(/C=N\N)cc(-c2c(C)cccc2F)cc1OC(CC)CCN. The third-order valence-corrected chi connectivity index (χ3v) is 4.34. The molecule has 1 atom stereocenters. The molecular formula is C21H26FN3O. The molecule has 0 spiro atoms. The standard InChI is InChI=1S/C21H26FN3O/c1-4-17(9-10-23)26-20-12-15(11-16(13-25-24)18(20)5-2)21-14(3)7-6-8-19(21)22/h5-8,11-13,17H,2,4,9-10,23-24H2,1,3H3/b25-13-. The molecule has 26 heavy (non-hydrogen) atoms. The number of nitrogens with two attached hydrogens (primary N) is 2. The summed E-state index contributed by atoms with van der Waals surface area (Å²) in [6, 6.07) is 8.70. The average molecular weight is 355 g/mol. The van der Waals surface area contributed by atoms with Crippen LogP contribution in [0.4, 0.5) is 4.39 Å². The third kappa shape index (κ3) is 4.29. The number of benzene rings is 2. The number of hydrogen-bond donors (Lipinski definition) is 2. The largest absolute Gasteiger partial charge is 0.490 e. The van der Waals surface area contributed by atoms with Crippen LogP contribution in [0.2, 0.25) is 0 Å². The van der Waals surface area contributed by atoms with Crippen molar-refractivity contribution in [3.05, 3.63) is 59.4 Å². The maximum Gasteiger partial charge on any atom is 0.131 e. The van der Waals surface area contributed by atoms with E-state index in [4.69, 9.17) is 16.3 Å². The molecule has 0 aliphatic heterocycles. The molecule has 4 nitrogen and oxygen atoms in total. The zero-order valence-corrected chi connectivity index (χ0v) is 15.3. The van der Waals surface area contributed by atoms with Crippen LogP contribution in [0.25, 0.3) is 17.2 Å². The summed E-state index contributed by atoms with van der Waals surface area (Å²) in [5.41, 5.74) is 9.25. The van der Waals surface area contributed by atoms with E-state index in [-0.39, 0.29) is 11.9 Å². The summed E-state index contributed by atoms with van der Waals surface area (Å²) in [5.74, 6) is 5.70. The Morgan fingerprint density at radius 2 is 2.12 bits per heavy atom. The van der Waals surface area contributed by atoms with Gasteiger partial charge in [0.05, 0.1) is 12.3 Å². The highest BCUT2D eigenvalue weighted by molar-refractivity contribution is 5.90. The van der Waals surface area contributed by atoms with E-state index in [9.17, 15) is 4.39 Å². The van der Waals surface area contributed by atoms with Crippen LogP contribution in [0.5, 0.6) is 5.75 Å². The maximum atomic E-state index is 14.5. The van der Waals surface area contributed by atoms with Gasteiger partial charge in [0.15, 0.2) is 0 Å². The van der Waals surface area contributed by atoms with Gasteiger partial charge in [-0.25, -0.2) is 4.39 Å². The van der Waals surface area contributed by atoms with E-state index >= 15 is 0 Å². The summed E-state index contributed by atoms with van der Waals surface area (Å²) in [5, 5.41) is 3.63. The summed E-state index contributed by atoms with van der Waals surface area (Å²) >= 11 is 0. The topological polar surface area (TPSA) is 73.6 Å². The molecule has 0 saturated heterocycles. The summed E-state index contributed by atoms with van der Waals surface area (Å²) in [7, 11) is 0. The number of rotatable bonds is 8. The third-order valence-electron chi connectivity index (χ3n) is 4.34. The molecule has 5 heteroatoms. The number of ether oxygens (including phenoxy) is 1. The van der Waals surface area contributed by atoms with Crippen LogP contribution in [0.3, 0.4) is 0 Å². The number of hydrazone groups is 1. The van der Waals surface area contributed by atoms with Gasteiger partial charge in [0, 0.05) is 16.7 Å². The molecule has 1 unspecified atom stereocenters. The van der Waals surface area contributed by atoms with Crippen LogP contribution < -0.4 is 16.3 Å². The predicted molar refractivity (Wildman–Crippen MR) is 107 cm³/mol. The van der Waals surface area contributed by atoms with Crippen molar-refractivity contribution in [2.75, 3.05) is 6.54 Å². The molecule has 0 heterocycles. The van der Waals surface area contributed by atoms with E-state index in [1.807, 2.05) is 32.0 Å². The molecule has 2 aromatic carbocycles. The van der Waals surface area contributed by atoms with E-state index in [1.165, 1.54) is 12.3 Å². The summed E-state index contributed by atoms with van der Waals surface area (Å²) in [6.45, 7) is 8.32. The van der Waals surface area contributed by atoms with Crippen LogP contribution in [-0.2, 0) is 0 Å². The van der Waals surface area contributed by atoms with E-state index in [2.05, 4.69) is 11.7 Å². The lowest BCUT2D eigenvalue weighted by Crippen LogP contribution is -2.20. The van der Waals surface area contributed by atoms with Gasteiger partial charge < -0.3 is 16.3 Å². The quantitative estimate of drug-likeness (QED) is 0.422. The molecule has 2 rings (SSSR count). The van der Waals surface area contributed by atoms with Gasteiger partial charge >= 0.3 is 0 Å². The lowest BCUT2D eigenvalue weighted by Gasteiger charge is -2.21. The van der Waals surface area contributed by atoms with Crippen LogP contribution in [0.15, 0.2) is 42.0 Å². The molecule has 0 fully saturated rings. The molecule has 0 aromatic heterocycles. The molecule has 0 bridgehead atoms. The van der Waals surface area contributed by atoms with Crippen molar-refractivity contribution >= 4 is 12.3 Å². The number of hydrogen-bond acceptors (Lipinski definition) is 4. The summed E-state index contributed by atoms with van der Waals surface area (Å²) in [4.78, 5) is 0. The molecule has 0 aliphatic carbocycles. The van der Waals surface area contributed by atoms with Gasteiger partial charge in [-0.3, -0.25) is 0 Å². The molecule has 0 radical (unpaired) electrons. The van der Waals surface area contributed by atoms with E-state index in [0.29, 0.717) is 23.4 Å². The first-order chi connectivity index (χ1) is 12.5. The Bertz CT molecular complexity index is 782. The van der Waals surface area contributed by atoms with E-state index in [0.717, 1.165) is 29.5 Å². The molecule has 0 aliphatic rings. The van der Waals surface area contributed by atoms with Crippen molar-refractivity contribution in [3.8, 4) is 16.9 Å². The van der Waals surface area contributed by atoms with Gasteiger partial charge in [-0.1, -0.05) is 31.7 Å². The highest BCUT2D eigenvalue weighted by Crippen LogP contribution is 2.34. The van der Waals surface area contributed by atoms with Gasteiger partial charge in [-0.05, 0) is 55.6 Å². The predicted octanol–water partition coefficient (Wildman–Crippen LogP) is 4.24. The first-order valence-electron chi connectivity index (χ1n) is 8.71. The van der Waals surface area contributed by atoms with Crippen molar-refractivity contribution in [1.29, 1.82) is 0 Å². The summed E-state index contributed by atoms with van der Waals surface area (Å²) in [6.07, 6.45) is 4.73. The molecular weight excluding hydrogens is 329 g/mol. The zero-order valence-electron chi connectivity index (χ0n) is 15.3. The smallest absolute Gasteiger partial charge is 0.131 e. The minimum absolute atomic E-state index is 0.0293. The Hall–Kier alpha value is -2.66. The van der Waals surface area contributed by atoms with Crippen LogP contribution in [0, 0.1) is 12.7 Å². The Labute approximate surface area is 154 Å². The van der Waals surface area contributed by atoms with Crippen molar-refractivity contribution < 1.29 is 9.13 Å². The highest BCUT2D eigenvalue weighted by Gasteiger charge is 2.16. The molecule has 0 saturated carbocycles. The fourth-order valence-corrected chi connectivity index (χ4v) is 3.00. The normalized spacial score (nSPS) is 12.3. The molecule has 138 valence electrons. The first kappa shape index (κ1) is 19.7. The second-order valence-corrected chi connectivity index (χ2v) is 6.12. The lowest BCUT2D eigenvalue weighted by atomic mass is 9.95. The van der Waals surface area contributed by atoms with E-state index in [1.54, 1.807) is 12.1 Å². The van der Waals surface area contributed by atoms with Gasteiger partial charge in [-0.15, -0.1) is 0 Å². The average Bonchev–Trinajstić information content (AvgIpc) is 2.61. The maximum absolute atomic E-state index is 14.5. The number of halogens is 1. The second-order valence-electron chi connectivity index (χ2n) is 6.12. The fraction of sp³-hybridized carbons (Fsp3) is 0.286. The van der Waals surface area contributed by atoms with Crippen LogP contribution in [0.1, 0.15) is 36.5 Å². The Balaban J connectivity index is 2.66. The zero-order chi connectivity index (χ0) is 19.1. The molecule has 0 amide bonds. The Morgan fingerprint density at radius 3 is 2.69 bits per heavy atom. The summed E-state index contributed by atoms with van der Waals surface area (Å²) < 4.78 is 20.7.